The maximum atomic E-state index is 10.3. The first-order chi connectivity index (χ1) is 24.1. The number of aromatic nitrogens is 3. The Hall–Kier alpha value is -5.70. The smallest absolute Gasteiger partial charge is 0.307 e. The van der Waals surface area contributed by atoms with Crippen LogP contribution in [0.15, 0.2) is 85.3 Å². The Balaban J connectivity index is 0.000000209. The molecule has 0 fully saturated rings. The van der Waals surface area contributed by atoms with Crippen molar-refractivity contribution in [3.05, 3.63) is 139 Å². The highest BCUT2D eigenvalue weighted by atomic mass is 35.5. The molecule has 5 aromatic rings. The van der Waals surface area contributed by atoms with Gasteiger partial charge >= 0.3 is 5.69 Å². The van der Waals surface area contributed by atoms with Crippen LogP contribution in [0.3, 0.4) is 0 Å². The van der Waals surface area contributed by atoms with Crippen molar-refractivity contribution in [2.24, 2.45) is 5.73 Å². The van der Waals surface area contributed by atoms with Crippen LogP contribution in [0.5, 0.6) is 23.0 Å². The maximum absolute atomic E-state index is 10.3. The topological polar surface area (TPSA) is 192 Å². The van der Waals surface area contributed by atoms with Crippen molar-refractivity contribution in [2.75, 3.05) is 14.2 Å². The summed E-state index contributed by atoms with van der Waals surface area (Å²) in [7, 11) is 3.25. The average Bonchev–Trinajstić information content (AvgIpc) is 3.14. The van der Waals surface area contributed by atoms with E-state index in [0.29, 0.717) is 47.0 Å². The van der Waals surface area contributed by atoms with E-state index in [9.17, 15) is 10.1 Å². The van der Waals surface area contributed by atoms with E-state index in [1.165, 1.54) is 12.4 Å². The number of hydrogen-bond donors (Lipinski definition) is 1. The van der Waals surface area contributed by atoms with Crippen LogP contribution in [0.2, 0.25) is 15.1 Å². The predicted octanol–water partition coefficient (Wildman–Crippen LogP) is 7.49. The summed E-state index contributed by atoms with van der Waals surface area (Å²) in [6.45, 7) is 1.08. The second-order valence-electron chi connectivity index (χ2n) is 9.58. The van der Waals surface area contributed by atoms with E-state index in [4.69, 9.17) is 70.0 Å². The number of pyridine rings is 3. The molecule has 0 unspecified atom stereocenters. The second-order valence-corrected chi connectivity index (χ2v) is 10.9. The van der Waals surface area contributed by atoms with E-state index in [1.807, 2.05) is 54.6 Å². The normalized spacial score (nSPS) is 9.76. The van der Waals surface area contributed by atoms with Gasteiger partial charge in [0, 0.05) is 43.3 Å². The fourth-order valence-corrected chi connectivity index (χ4v) is 4.21. The summed E-state index contributed by atoms with van der Waals surface area (Å²) in [5.41, 5.74) is 7.91. The lowest BCUT2D eigenvalue weighted by Gasteiger charge is -2.10. The molecule has 3 heterocycles. The number of halogens is 3. The third kappa shape index (κ3) is 12.1. The van der Waals surface area contributed by atoms with E-state index in [-0.39, 0.29) is 22.1 Å². The fraction of sp³-hybridized carbons (Fsp3) is 0.147. The summed E-state index contributed by atoms with van der Waals surface area (Å²) in [6, 6.07) is 23.1. The highest BCUT2D eigenvalue weighted by molar-refractivity contribution is 6.31. The summed E-state index contributed by atoms with van der Waals surface area (Å²) in [6.07, 6.45) is 4.16. The quantitative estimate of drug-likeness (QED) is 0.110. The van der Waals surface area contributed by atoms with Crippen LogP contribution in [0, 0.1) is 32.8 Å². The van der Waals surface area contributed by atoms with Crippen molar-refractivity contribution in [1.29, 1.82) is 10.5 Å². The molecule has 13 nitrogen and oxygen atoms in total. The standard InChI is InChI=1S/C14H15ClN2O2.C14H11ClN2O2.C6H2ClN3O2/c2*1-18-12-4-2-10(3-5-12)9-19-14-6-11(15)8-17-13(14)7-16;7-4-1-6(10(11)12)5(2-8)9-3-4/h2-6,8H,7,9,16H2,1H3;2-6,8H,9H2,1H3;1,3H. The van der Waals surface area contributed by atoms with Gasteiger partial charge in [0.2, 0.25) is 5.69 Å². The van der Waals surface area contributed by atoms with E-state index < -0.39 is 4.92 Å². The van der Waals surface area contributed by atoms with Gasteiger partial charge in [-0.2, -0.15) is 10.5 Å². The Labute approximate surface area is 302 Å². The maximum Gasteiger partial charge on any atom is 0.307 e. The third-order valence-electron chi connectivity index (χ3n) is 6.26. The predicted molar refractivity (Wildman–Crippen MR) is 186 cm³/mol. The van der Waals surface area contributed by atoms with Crippen LogP contribution in [-0.4, -0.2) is 34.1 Å². The molecule has 256 valence electrons. The molecule has 0 aliphatic rings. The molecule has 50 heavy (non-hydrogen) atoms. The zero-order valence-electron chi connectivity index (χ0n) is 26.5. The van der Waals surface area contributed by atoms with Crippen molar-refractivity contribution in [1.82, 2.24) is 15.0 Å². The van der Waals surface area contributed by atoms with Crippen LogP contribution in [-0.2, 0) is 19.8 Å². The van der Waals surface area contributed by atoms with Crippen molar-refractivity contribution in [3.63, 3.8) is 0 Å². The molecule has 0 saturated heterocycles. The van der Waals surface area contributed by atoms with Crippen LogP contribution >= 0.6 is 34.8 Å². The molecule has 2 N–H and O–H groups in total. The number of nitro groups is 1. The number of methoxy groups -OCH3 is 2. The monoisotopic (exact) mass is 735 g/mol. The van der Waals surface area contributed by atoms with Gasteiger partial charge in [-0.3, -0.25) is 15.1 Å². The minimum absolute atomic E-state index is 0.140. The molecule has 5 rings (SSSR count). The Morgan fingerprint density at radius 1 is 0.720 bits per heavy atom. The molecule has 2 aromatic carbocycles. The first kappa shape index (κ1) is 38.7. The molecule has 0 saturated carbocycles. The lowest BCUT2D eigenvalue weighted by atomic mass is 10.2. The highest BCUT2D eigenvalue weighted by Gasteiger charge is 2.15. The first-order valence-electron chi connectivity index (χ1n) is 14.2. The van der Waals surface area contributed by atoms with Crippen molar-refractivity contribution >= 4 is 40.5 Å². The van der Waals surface area contributed by atoms with Gasteiger partial charge in [0.1, 0.15) is 42.6 Å². The largest absolute Gasteiger partial charge is 0.497 e. The average molecular weight is 737 g/mol. The molecular formula is C34H28Cl3N7O6. The summed E-state index contributed by atoms with van der Waals surface area (Å²) >= 11 is 17.2. The van der Waals surface area contributed by atoms with Crippen LogP contribution in [0.1, 0.15) is 28.2 Å². The Morgan fingerprint density at radius 2 is 1.16 bits per heavy atom. The molecule has 0 aliphatic carbocycles. The molecular weight excluding hydrogens is 709 g/mol. The van der Waals surface area contributed by atoms with Crippen LogP contribution in [0.4, 0.5) is 5.69 Å². The number of benzene rings is 2. The van der Waals surface area contributed by atoms with Gasteiger partial charge in [0.25, 0.3) is 0 Å². The van der Waals surface area contributed by atoms with Crippen LogP contribution in [0.25, 0.3) is 0 Å². The van der Waals surface area contributed by atoms with Crippen molar-refractivity contribution in [3.8, 4) is 35.1 Å². The van der Waals surface area contributed by atoms with Gasteiger partial charge in [-0.1, -0.05) is 59.1 Å². The van der Waals surface area contributed by atoms with Gasteiger partial charge in [-0.15, -0.1) is 0 Å². The summed E-state index contributed by atoms with van der Waals surface area (Å²) in [5, 5.41) is 28.7. The van der Waals surface area contributed by atoms with Gasteiger partial charge in [-0.25, -0.2) is 9.97 Å². The molecule has 3 aromatic heterocycles. The molecule has 0 aliphatic heterocycles. The van der Waals surface area contributed by atoms with Crippen molar-refractivity contribution < 1.29 is 23.9 Å². The van der Waals surface area contributed by atoms with E-state index in [0.717, 1.165) is 28.7 Å². The lowest BCUT2D eigenvalue weighted by Crippen LogP contribution is -2.05. The van der Waals surface area contributed by atoms with E-state index in [2.05, 4.69) is 15.0 Å². The fourth-order valence-electron chi connectivity index (χ4n) is 3.76. The van der Waals surface area contributed by atoms with Gasteiger partial charge in [-0.05, 0) is 35.4 Å². The van der Waals surface area contributed by atoms with Crippen molar-refractivity contribution in [2.45, 2.75) is 19.8 Å². The summed E-state index contributed by atoms with van der Waals surface area (Å²) in [4.78, 5) is 21.1. The minimum Gasteiger partial charge on any atom is -0.497 e. The molecule has 0 radical (unpaired) electrons. The minimum atomic E-state index is -0.697. The van der Waals surface area contributed by atoms with Crippen LogP contribution < -0.4 is 24.7 Å². The van der Waals surface area contributed by atoms with E-state index in [1.54, 1.807) is 38.6 Å². The SMILES string of the molecule is COc1ccc(COc2cc(Cl)cnc2C#N)cc1.COc1ccc(COc2cc(Cl)cnc2CN)cc1.N#Cc1ncc(Cl)cc1[N+](=O)[O-]. The number of nitrogens with two attached hydrogens (primary N) is 1. The number of ether oxygens (including phenoxy) is 4. The van der Waals surface area contributed by atoms with Gasteiger partial charge in [0.05, 0.1) is 39.9 Å². The first-order valence-corrected chi connectivity index (χ1v) is 15.4. The molecule has 0 bridgehead atoms. The Kier molecular flexibility index (Phi) is 15.5. The number of nitrogens with zero attached hydrogens (tertiary/aromatic N) is 6. The summed E-state index contributed by atoms with van der Waals surface area (Å²) in [5.74, 6) is 2.60. The summed E-state index contributed by atoms with van der Waals surface area (Å²) < 4.78 is 21.4. The Morgan fingerprint density at radius 3 is 1.62 bits per heavy atom. The second kappa shape index (κ2) is 20.0. The van der Waals surface area contributed by atoms with Gasteiger partial charge in [0.15, 0.2) is 11.4 Å². The molecule has 0 amide bonds. The van der Waals surface area contributed by atoms with Gasteiger partial charge < -0.3 is 24.7 Å². The lowest BCUT2D eigenvalue weighted by molar-refractivity contribution is -0.385. The van der Waals surface area contributed by atoms with E-state index >= 15 is 0 Å². The number of hydrogen-bond acceptors (Lipinski definition) is 12. The Bertz CT molecular complexity index is 1970. The molecule has 16 heteroatoms. The number of rotatable bonds is 10. The molecule has 0 spiro atoms. The zero-order chi connectivity index (χ0) is 36.5. The number of nitriles is 2. The highest BCUT2D eigenvalue weighted by Crippen LogP contribution is 2.24. The third-order valence-corrected chi connectivity index (χ3v) is 6.88. The molecule has 0 atom stereocenters. The zero-order valence-corrected chi connectivity index (χ0v) is 28.8.